The van der Waals surface area contributed by atoms with Gasteiger partial charge in [-0.3, -0.25) is 0 Å². The van der Waals surface area contributed by atoms with Crippen molar-refractivity contribution in [1.29, 1.82) is 0 Å². The van der Waals surface area contributed by atoms with E-state index in [-0.39, 0.29) is 51.9 Å². The summed E-state index contributed by atoms with van der Waals surface area (Å²) in [6, 6.07) is 32.2. The van der Waals surface area contributed by atoms with Crippen LogP contribution in [0.3, 0.4) is 0 Å². The third-order valence-corrected chi connectivity index (χ3v) is 20.8. The van der Waals surface area contributed by atoms with Crippen molar-refractivity contribution in [1.82, 2.24) is 0 Å². The minimum atomic E-state index is -3.16. The second-order valence-corrected chi connectivity index (χ2v) is 27.7. The zero-order chi connectivity index (χ0) is 41.3. The van der Waals surface area contributed by atoms with Crippen molar-refractivity contribution in [2.24, 2.45) is 11.3 Å². The minimum Gasteiger partial charge on any atom is -1.00 e. The summed E-state index contributed by atoms with van der Waals surface area (Å²) >= 11 is -3.16. The van der Waals surface area contributed by atoms with Crippen LogP contribution < -0.4 is 28.1 Å². The fourth-order valence-electron chi connectivity index (χ4n) is 9.27. The Hall–Kier alpha value is -2.31. The Balaban J connectivity index is 0.00000372. The summed E-state index contributed by atoms with van der Waals surface area (Å²) in [5, 5.41) is 0. The Kier molecular flexibility index (Phi) is 14.4. The molecular formula is C55H72Cl2Zr. The van der Waals surface area contributed by atoms with E-state index >= 15 is 0 Å². The molecule has 0 aromatic heterocycles. The molecule has 1 unspecified atom stereocenters. The van der Waals surface area contributed by atoms with Crippen LogP contribution in [0.1, 0.15) is 175 Å². The predicted molar refractivity (Wildman–Crippen MR) is 244 cm³/mol. The van der Waals surface area contributed by atoms with Gasteiger partial charge in [-0.1, -0.05) is 0 Å². The molecule has 58 heavy (non-hydrogen) atoms. The van der Waals surface area contributed by atoms with Gasteiger partial charge in [-0.25, -0.2) is 0 Å². The van der Waals surface area contributed by atoms with Crippen LogP contribution in [0, 0.1) is 11.3 Å². The number of halogens is 2. The van der Waals surface area contributed by atoms with Crippen LogP contribution in [0.4, 0.5) is 0 Å². The Morgan fingerprint density at radius 1 is 0.552 bits per heavy atom. The van der Waals surface area contributed by atoms with E-state index in [2.05, 4.69) is 203 Å². The van der Waals surface area contributed by atoms with E-state index in [0.717, 1.165) is 19.3 Å². The normalized spacial score (nSPS) is 15.5. The Morgan fingerprint density at radius 3 is 1.43 bits per heavy atom. The molecule has 0 nitrogen and oxygen atoms in total. The van der Waals surface area contributed by atoms with Gasteiger partial charge in [-0.2, -0.15) is 0 Å². The molecule has 4 aromatic carbocycles. The summed E-state index contributed by atoms with van der Waals surface area (Å²) in [6.07, 6.45) is 5.95. The number of hydrogen-bond donors (Lipinski definition) is 0. The van der Waals surface area contributed by atoms with Crippen LogP contribution in [-0.2, 0) is 49.3 Å². The number of allylic oxidation sites excluding steroid dienone is 4. The second-order valence-electron chi connectivity index (χ2n) is 22.1. The van der Waals surface area contributed by atoms with E-state index < -0.39 is 21.3 Å². The van der Waals surface area contributed by atoms with Crippen LogP contribution in [0.2, 0.25) is 0 Å². The Labute approximate surface area is 374 Å². The molecular weight excluding hydrogens is 823 g/mol. The third-order valence-electron chi connectivity index (χ3n) is 12.6. The summed E-state index contributed by atoms with van der Waals surface area (Å²) in [5.74, 6) is 0.450. The van der Waals surface area contributed by atoms with Crippen LogP contribution in [-0.4, -0.2) is 3.21 Å². The maximum absolute atomic E-state index is 3.16. The molecule has 0 spiro atoms. The van der Waals surface area contributed by atoms with Crippen molar-refractivity contribution in [3.63, 3.8) is 0 Å². The third kappa shape index (κ3) is 9.44. The number of fused-ring (bicyclic) bond motifs is 3. The maximum atomic E-state index is 2.72. The molecule has 0 radical (unpaired) electrons. The van der Waals surface area contributed by atoms with E-state index in [4.69, 9.17) is 0 Å². The van der Waals surface area contributed by atoms with E-state index in [1.807, 2.05) is 3.28 Å². The predicted octanol–water partition coefficient (Wildman–Crippen LogP) is 8.64. The Morgan fingerprint density at radius 2 is 1.02 bits per heavy atom. The zero-order valence-electron chi connectivity index (χ0n) is 39.0. The quantitative estimate of drug-likeness (QED) is 0.160. The van der Waals surface area contributed by atoms with Gasteiger partial charge in [0, 0.05) is 0 Å². The smallest absolute Gasteiger partial charge is 1.00 e. The molecule has 0 fully saturated rings. The monoisotopic (exact) mass is 892 g/mol. The molecule has 1 atom stereocenters. The van der Waals surface area contributed by atoms with Crippen molar-refractivity contribution >= 4 is 6.48 Å². The topological polar surface area (TPSA) is 0 Å². The van der Waals surface area contributed by atoms with Gasteiger partial charge in [-0.15, -0.1) is 0 Å². The average Bonchev–Trinajstić information content (AvgIpc) is 3.67. The molecule has 0 saturated heterocycles. The molecule has 0 heterocycles. The van der Waals surface area contributed by atoms with Gasteiger partial charge in [0.1, 0.15) is 0 Å². The second kappa shape index (κ2) is 17.2. The molecule has 4 aromatic rings. The molecule has 6 rings (SSSR count). The van der Waals surface area contributed by atoms with E-state index in [0.29, 0.717) is 5.92 Å². The Bertz CT molecular complexity index is 2160. The molecule has 0 N–H and O–H groups in total. The van der Waals surface area contributed by atoms with Gasteiger partial charge >= 0.3 is 353 Å². The molecule has 0 aliphatic heterocycles. The molecule has 310 valence electrons. The first-order chi connectivity index (χ1) is 25.9. The van der Waals surface area contributed by atoms with Crippen molar-refractivity contribution in [2.45, 2.75) is 159 Å². The average molecular weight is 895 g/mol. The molecule has 3 heteroatoms. The number of benzene rings is 4. The van der Waals surface area contributed by atoms with Gasteiger partial charge in [0.15, 0.2) is 0 Å². The number of rotatable bonds is 6. The van der Waals surface area contributed by atoms with Crippen molar-refractivity contribution in [3.05, 3.63) is 144 Å². The van der Waals surface area contributed by atoms with Crippen LogP contribution in [0.15, 0.2) is 99.4 Å². The molecule has 0 saturated carbocycles. The molecule has 0 amide bonds. The summed E-state index contributed by atoms with van der Waals surface area (Å²) in [7, 11) is 0. The number of hydrogen-bond acceptors (Lipinski definition) is 0. The first kappa shape index (κ1) is 48.4. The van der Waals surface area contributed by atoms with Gasteiger partial charge in [0.25, 0.3) is 0 Å². The van der Waals surface area contributed by atoms with Gasteiger partial charge in [0.2, 0.25) is 0 Å². The van der Waals surface area contributed by atoms with E-state index in [9.17, 15) is 0 Å². The van der Waals surface area contributed by atoms with Crippen molar-refractivity contribution in [3.8, 4) is 11.1 Å². The van der Waals surface area contributed by atoms with Crippen molar-refractivity contribution in [2.75, 3.05) is 0 Å². The van der Waals surface area contributed by atoms with Crippen LogP contribution in [0.25, 0.3) is 11.1 Å². The SMILES string of the molecule is CCC1=[C]([Zr+2](=[C](c2ccc(C(C)(C)C)cc2)c2ccc(C(C)(C)C)cc2)[c]2c(C(C)(C)C)ccc3c2Cc2cc(C(C)(C)C)ccc2-3)C(CC)C=C1C(C)(C)C.[Cl-].[Cl-]. The molecule has 2 aliphatic carbocycles. The van der Waals surface area contributed by atoms with Gasteiger partial charge in [0.05, 0.1) is 0 Å². The fourth-order valence-corrected chi connectivity index (χ4v) is 19.7. The van der Waals surface area contributed by atoms with Crippen LogP contribution >= 0.6 is 0 Å². The van der Waals surface area contributed by atoms with Crippen molar-refractivity contribution < 1.29 is 46.1 Å². The molecule has 2 aliphatic rings. The zero-order valence-corrected chi connectivity index (χ0v) is 43.0. The fraction of sp³-hybridized carbons (Fsp3) is 0.473. The van der Waals surface area contributed by atoms with Crippen LogP contribution in [0.5, 0.6) is 0 Å². The standard InChI is InChI=1S/C21H25.C21H26.C13H21.2ClH.Zr/c1-20(2,3)16-7-9-18-14(12-16)11-15-13-17(21(4,5)6)8-10-19(15)18;1-20(2,3)18-11-7-16(8-12-18)15-17-9-13-19(14-10-17)21(4,5)6;1-6-10-8-11(7-2)12(9-10)13(3,4)5;;;/h7-10,12H,11H2,1-6H3;7-14H,1-6H3;9-10H,6-7H2,1-5H3;2*1H;/q;;;;;+2/p-2. The summed E-state index contributed by atoms with van der Waals surface area (Å²) in [4.78, 5) is 0. The first-order valence-electron chi connectivity index (χ1n) is 21.6. The van der Waals surface area contributed by atoms with E-state index in [1.165, 1.54) is 44.5 Å². The van der Waals surface area contributed by atoms with Gasteiger partial charge < -0.3 is 24.8 Å². The maximum Gasteiger partial charge on any atom is -1.00 e. The summed E-state index contributed by atoms with van der Waals surface area (Å²) in [5.41, 5.74) is 18.3. The van der Waals surface area contributed by atoms with Gasteiger partial charge in [-0.05, 0) is 0 Å². The summed E-state index contributed by atoms with van der Waals surface area (Å²) < 4.78 is 5.20. The minimum absolute atomic E-state index is 0. The largest absolute Gasteiger partial charge is 1.00 e. The first-order valence-corrected chi connectivity index (χ1v) is 25.3. The summed E-state index contributed by atoms with van der Waals surface area (Å²) in [6.45, 7) is 40.7. The molecule has 0 bridgehead atoms. The van der Waals surface area contributed by atoms with E-state index in [1.54, 1.807) is 28.8 Å².